The predicted octanol–water partition coefficient (Wildman–Crippen LogP) is 0.466. The maximum Gasteiger partial charge on any atom is 0.161 e. The number of nitrogens with zero attached hydrogens (tertiary/aromatic N) is 1. The molecule has 0 aromatic heterocycles. The molecule has 16 heavy (non-hydrogen) atoms. The Labute approximate surface area is 95.3 Å². The highest BCUT2D eigenvalue weighted by molar-refractivity contribution is 7.91. The summed E-state index contributed by atoms with van der Waals surface area (Å²) in [5.74, 6) is 0.611. The molecular formula is C10H15NO4S. The van der Waals surface area contributed by atoms with Crippen LogP contribution >= 0.6 is 0 Å². The van der Waals surface area contributed by atoms with Gasteiger partial charge in [0, 0.05) is 5.92 Å². The van der Waals surface area contributed by atoms with Gasteiger partial charge in [0.05, 0.1) is 36.7 Å². The molecule has 5 nitrogen and oxygen atoms in total. The summed E-state index contributed by atoms with van der Waals surface area (Å²) in [7, 11) is -2.83. The first-order valence-electron chi connectivity index (χ1n) is 5.45. The Morgan fingerprint density at radius 2 is 2.00 bits per heavy atom. The van der Waals surface area contributed by atoms with Crippen molar-refractivity contribution in [2.24, 2.45) is 5.92 Å². The fraction of sp³-hybridized carbons (Fsp3) is 0.900. The minimum Gasteiger partial charge on any atom is -0.350 e. The summed E-state index contributed by atoms with van der Waals surface area (Å²) in [6, 6.07) is 2.05. The van der Waals surface area contributed by atoms with Crippen LogP contribution in [0, 0.1) is 17.2 Å². The summed E-state index contributed by atoms with van der Waals surface area (Å²) in [5, 5.41) is 8.53. The van der Waals surface area contributed by atoms with E-state index < -0.39 is 9.84 Å². The monoisotopic (exact) mass is 245 g/mol. The fourth-order valence-electron chi connectivity index (χ4n) is 2.11. The SMILES string of the molecule is N#CCC1COC(C2CCS(=O)(=O)CC2)O1. The van der Waals surface area contributed by atoms with E-state index in [-0.39, 0.29) is 29.8 Å². The Morgan fingerprint density at radius 1 is 1.31 bits per heavy atom. The molecule has 6 heteroatoms. The molecule has 2 aliphatic heterocycles. The third kappa shape index (κ3) is 2.73. The molecule has 2 unspecified atom stereocenters. The van der Waals surface area contributed by atoms with Crippen molar-refractivity contribution in [3.05, 3.63) is 0 Å². The van der Waals surface area contributed by atoms with Gasteiger partial charge in [-0.05, 0) is 12.8 Å². The van der Waals surface area contributed by atoms with Gasteiger partial charge in [-0.1, -0.05) is 0 Å². The van der Waals surface area contributed by atoms with Crippen LogP contribution < -0.4 is 0 Å². The zero-order valence-corrected chi connectivity index (χ0v) is 9.78. The average molecular weight is 245 g/mol. The molecule has 0 spiro atoms. The van der Waals surface area contributed by atoms with Crippen molar-refractivity contribution in [1.82, 2.24) is 0 Å². The van der Waals surface area contributed by atoms with Crippen LogP contribution in [0.1, 0.15) is 19.3 Å². The molecular weight excluding hydrogens is 230 g/mol. The summed E-state index contributed by atoms with van der Waals surface area (Å²) in [5.41, 5.74) is 0. The molecule has 2 aliphatic rings. The Kier molecular flexibility index (Phi) is 3.47. The Hall–Kier alpha value is -0.640. The molecule has 2 fully saturated rings. The first-order chi connectivity index (χ1) is 7.61. The second kappa shape index (κ2) is 4.70. The van der Waals surface area contributed by atoms with Crippen molar-refractivity contribution in [1.29, 1.82) is 5.26 Å². The van der Waals surface area contributed by atoms with Crippen molar-refractivity contribution in [2.45, 2.75) is 31.7 Å². The van der Waals surface area contributed by atoms with Crippen LogP contribution in [0.25, 0.3) is 0 Å². The summed E-state index contributed by atoms with van der Waals surface area (Å²) in [6.07, 6.45) is 1.09. The summed E-state index contributed by atoms with van der Waals surface area (Å²) in [6.45, 7) is 0.446. The molecule has 0 radical (unpaired) electrons. The van der Waals surface area contributed by atoms with E-state index in [1.54, 1.807) is 0 Å². The van der Waals surface area contributed by atoms with Crippen LogP contribution in [0.15, 0.2) is 0 Å². The molecule has 90 valence electrons. The molecule has 2 saturated heterocycles. The lowest BCUT2D eigenvalue weighted by atomic mass is 10.0. The van der Waals surface area contributed by atoms with Gasteiger partial charge >= 0.3 is 0 Å². The second-order valence-electron chi connectivity index (χ2n) is 4.31. The fourth-order valence-corrected chi connectivity index (χ4v) is 3.63. The zero-order chi connectivity index (χ0) is 11.6. The number of hydrogen-bond donors (Lipinski definition) is 0. The molecule has 0 amide bonds. The molecule has 0 N–H and O–H groups in total. The van der Waals surface area contributed by atoms with Gasteiger partial charge in [0.25, 0.3) is 0 Å². The molecule has 0 aromatic carbocycles. The van der Waals surface area contributed by atoms with Crippen LogP contribution in [0.4, 0.5) is 0 Å². The second-order valence-corrected chi connectivity index (χ2v) is 6.61. The Morgan fingerprint density at radius 3 is 2.62 bits per heavy atom. The number of hydrogen-bond acceptors (Lipinski definition) is 5. The number of nitriles is 1. The third-order valence-electron chi connectivity index (χ3n) is 3.08. The number of ether oxygens (including phenoxy) is 2. The van der Waals surface area contributed by atoms with Crippen molar-refractivity contribution in [3.63, 3.8) is 0 Å². The summed E-state index contributed by atoms with van der Waals surface area (Å²) in [4.78, 5) is 0. The van der Waals surface area contributed by atoms with E-state index in [1.807, 2.05) is 6.07 Å². The normalized spacial score (nSPS) is 34.7. The van der Waals surface area contributed by atoms with Crippen LogP contribution in [-0.4, -0.2) is 38.9 Å². The van der Waals surface area contributed by atoms with E-state index in [9.17, 15) is 8.42 Å². The summed E-state index contributed by atoms with van der Waals surface area (Å²) >= 11 is 0. The molecule has 0 aromatic rings. The smallest absolute Gasteiger partial charge is 0.161 e. The minimum absolute atomic E-state index is 0.145. The van der Waals surface area contributed by atoms with Crippen LogP contribution in [0.2, 0.25) is 0 Å². The van der Waals surface area contributed by atoms with E-state index in [2.05, 4.69) is 0 Å². The number of rotatable bonds is 2. The van der Waals surface area contributed by atoms with Crippen LogP contribution in [0.3, 0.4) is 0 Å². The third-order valence-corrected chi connectivity index (χ3v) is 4.79. The van der Waals surface area contributed by atoms with E-state index >= 15 is 0 Å². The first-order valence-corrected chi connectivity index (χ1v) is 7.27. The van der Waals surface area contributed by atoms with Crippen molar-refractivity contribution in [3.8, 4) is 6.07 Å². The largest absolute Gasteiger partial charge is 0.350 e. The Balaban J connectivity index is 1.85. The van der Waals surface area contributed by atoms with Crippen molar-refractivity contribution >= 4 is 9.84 Å². The highest BCUT2D eigenvalue weighted by Gasteiger charge is 2.36. The molecule has 2 rings (SSSR count). The molecule has 2 heterocycles. The minimum atomic E-state index is -2.83. The lowest BCUT2D eigenvalue weighted by molar-refractivity contribution is -0.0977. The van der Waals surface area contributed by atoms with Gasteiger partial charge in [-0.3, -0.25) is 0 Å². The highest BCUT2D eigenvalue weighted by Crippen LogP contribution is 2.29. The van der Waals surface area contributed by atoms with Gasteiger partial charge < -0.3 is 9.47 Å². The lowest BCUT2D eigenvalue weighted by Crippen LogP contribution is -2.32. The predicted molar refractivity (Wildman–Crippen MR) is 56.2 cm³/mol. The van der Waals surface area contributed by atoms with Crippen LogP contribution in [-0.2, 0) is 19.3 Å². The standard InChI is InChI=1S/C10H15NO4S/c11-4-1-9-7-14-10(15-9)8-2-5-16(12,13)6-3-8/h8-10H,1-3,5-7H2. The average Bonchev–Trinajstić information content (AvgIpc) is 2.67. The molecule has 0 saturated carbocycles. The highest BCUT2D eigenvalue weighted by atomic mass is 32.2. The van der Waals surface area contributed by atoms with Crippen molar-refractivity contribution in [2.75, 3.05) is 18.1 Å². The van der Waals surface area contributed by atoms with E-state index in [0.29, 0.717) is 25.9 Å². The van der Waals surface area contributed by atoms with Crippen molar-refractivity contribution < 1.29 is 17.9 Å². The van der Waals surface area contributed by atoms with Gasteiger partial charge in [0.1, 0.15) is 9.84 Å². The zero-order valence-electron chi connectivity index (χ0n) is 8.96. The van der Waals surface area contributed by atoms with Crippen LogP contribution in [0.5, 0.6) is 0 Å². The van der Waals surface area contributed by atoms with Gasteiger partial charge in [0.15, 0.2) is 6.29 Å². The maximum atomic E-state index is 11.3. The first kappa shape index (κ1) is 11.8. The van der Waals surface area contributed by atoms with E-state index in [1.165, 1.54) is 0 Å². The number of sulfone groups is 1. The lowest BCUT2D eigenvalue weighted by Gasteiger charge is -2.26. The quantitative estimate of drug-likeness (QED) is 0.706. The van der Waals surface area contributed by atoms with Gasteiger partial charge in [0.2, 0.25) is 0 Å². The molecule has 0 bridgehead atoms. The summed E-state index contributed by atoms with van der Waals surface area (Å²) < 4.78 is 33.5. The van der Waals surface area contributed by atoms with Gasteiger partial charge in [-0.25, -0.2) is 8.42 Å². The molecule has 0 aliphatic carbocycles. The van der Waals surface area contributed by atoms with Gasteiger partial charge in [-0.2, -0.15) is 5.26 Å². The molecule has 2 atom stereocenters. The maximum absolute atomic E-state index is 11.3. The van der Waals surface area contributed by atoms with E-state index in [4.69, 9.17) is 14.7 Å². The Bertz CT molecular complexity index is 372. The van der Waals surface area contributed by atoms with Gasteiger partial charge in [-0.15, -0.1) is 0 Å². The van der Waals surface area contributed by atoms with E-state index in [0.717, 1.165) is 0 Å². The topological polar surface area (TPSA) is 76.4 Å².